The highest BCUT2D eigenvalue weighted by molar-refractivity contribution is 5.82. The number of amides is 1. The zero-order valence-electron chi connectivity index (χ0n) is 12.1. The van der Waals surface area contributed by atoms with Crippen LogP contribution in [0.5, 0.6) is 0 Å². The Bertz CT molecular complexity index is 528. The molecule has 0 aromatic carbocycles. The van der Waals surface area contributed by atoms with Crippen LogP contribution >= 0.6 is 0 Å². The number of aromatic nitrogens is 2. The smallest absolute Gasteiger partial charge is 0.341 e. The number of H-pyrrole nitrogens is 1. The molecule has 22 heavy (non-hydrogen) atoms. The Morgan fingerprint density at radius 2 is 2.00 bits per heavy atom. The number of rotatable bonds is 2. The van der Waals surface area contributed by atoms with Crippen LogP contribution in [-0.4, -0.2) is 46.5 Å². The predicted molar refractivity (Wildman–Crippen MR) is 73.2 cm³/mol. The maximum Gasteiger partial charge on any atom is 0.432 e. The maximum atomic E-state index is 12.6. The van der Waals surface area contributed by atoms with Crippen LogP contribution in [0.2, 0.25) is 0 Å². The monoisotopic (exact) mass is 316 g/mol. The third-order valence-electron chi connectivity index (χ3n) is 4.45. The van der Waals surface area contributed by atoms with Crippen molar-refractivity contribution < 1.29 is 18.0 Å². The van der Waals surface area contributed by atoms with Crippen molar-refractivity contribution in [3.05, 3.63) is 17.7 Å². The zero-order valence-corrected chi connectivity index (χ0v) is 12.1. The van der Waals surface area contributed by atoms with E-state index in [-0.39, 0.29) is 17.9 Å². The fraction of sp³-hybridized carbons (Fsp3) is 0.714. The lowest BCUT2D eigenvalue weighted by molar-refractivity contribution is -0.141. The summed E-state index contributed by atoms with van der Waals surface area (Å²) in [7, 11) is 0. The number of piperidine rings is 1. The molecule has 3 rings (SSSR count). The Labute approximate surface area is 126 Å². The first-order chi connectivity index (χ1) is 10.4. The Kier molecular flexibility index (Phi) is 4.12. The summed E-state index contributed by atoms with van der Waals surface area (Å²) in [5.41, 5.74) is -0.809. The first-order valence-electron chi connectivity index (χ1n) is 7.59. The average molecular weight is 316 g/mol. The molecular formula is C14H19F3N4O. The van der Waals surface area contributed by atoms with Gasteiger partial charge in [-0.05, 0) is 32.2 Å². The number of aromatic amines is 1. The Morgan fingerprint density at radius 3 is 2.55 bits per heavy atom. The van der Waals surface area contributed by atoms with E-state index in [4.69, 9.17) is 0 Å². The molecule has 1 amide bonds. The number of alkyl halides is 3. The minimum absolute atomic E-state index is 0.0447. The first-order valence-corrected chi connectivity index (χ1v) is 7.59. The number of nitrogens with zero attached hydrogens (tertiary/aromatic N) is 2. The summed E-state index contributed by atoms with van der Waals surface area (Å²) in [6, 6.07) is -0.0861. The number of carbonyl (C=O) groups excluding carboxylic acids is 1. The van der Waals surface area contributed by atoms with Gasteiger partial charge in [0.2, 0.25) is 5.91 Å². The van der Waals surface area contributed by atoms with Crippen LogP contribution < -0.4 is 5.32 Å². The number of hydrogen-bond acceptors (Lipinski definition) is 3. The molecule has 2 aliphatic heterocycles. The zero-order chi connectivity index (χ0) is 15.7. The second kappa shape index (κ2) is 5.91. The number of halogens is 3. The summed E-state index contributed by atoms with van der Waals surface area (Å²) >= 11 is 0. The number of nitrogens with one attached hydrogen (secondary N) is 2. The van der Waals surface area contributed by atoms with Crippen LogP contribution in [0.15, 0.2) is 6.20 Å². The van der Waals surface area contributed by atoms with Crippen molar-refractivity contribution in [1.29, 1.82) is 0 Å². The maximum absolute atomic E-state index is 12.6. The highest BCUT2D eigenvalue weighted by Gasteiger charge is 2.35. The van der Waals surface area contributed by atoms with Gasteiger partial charge >= 0.3 is 6.18 Å². The molecule has 2 fully saturated rings. The molecule has 1 aromatic rings. The number of imidazole rings is 1. The minimum atomic E-state index is -4.39. The van der Waals surface area contributed by atoms with E-state index in [1.807, 2.05) is 4.90 Å². The molecule has 2 N–H and O–H groups in total. The van der Waals surface area contributed by atoms with E-state index in [2.05, 4.69) is 15.3 Å². The van der Waals surface area contributed by atoms with Gasteiger partial charge < -0.3 is 15.2 Å². The molecule has 3 heterocycles. The molecule has 0 saturated carbocycles. The van der Waals surface area contributed by atoms with E-state index in [1.165, 1.54) is 0 Å². The Balaban J connectivity index is 1.57. The summed E-state index contributed by atoms with van der Waals surface area (Å²) in [6.45, 7) is 2.02. The van der Waals surface area contributed by atoms with Gasteiger partial charge in [0.1, 0.15) is 11.5 Å². The summed E-state index contributed by atoms with van der Waals surface area (Å²) in [5.74, 6) is 0.446. The quantitative estimate of drug-likeness (QED) is 0.876. The second-order valence-electron chi connectivity index (χ2n) is 5.93. The van der Waals surface area contributed by atoms with Gasteiger partial charge in [-0.2, -0.15) is 13.2 Å². The van der Waals surface area contributed by atoms with Crippen molar-refractivity contribution in [2.75, 3.05) is 19.6 Å². The molecule has 1 atom stereocenters. The van der Waals surface area contributed by atoms with Gasteiger partial charge in [-0.3, -0.25) is 4.79 Å². The van der Waals surface area contributed by atoms with Gasteiger partial charge in [0.15, 0.2) is 0 Å². The van der Waals surface area contributed by atoms with Crippen LogP contribution in [0.4, 0.5) is 13.2 Å². The van der Waals surface area contributed by atoms with Crippen molar-refractivity contribution in [3.63, 3.8) is 0 Å². The largest absolute Gasteiger partial charge is 0.432 e. The van der Waals surface area contributed by atoms with E-state index in [0.717, 1.165) is 25.6 Å². The molecule has 0 aliphatic carbocycles. The molecule has 2 aliphatic rings. The first kappa shape index (κ1) is 15.3. The molecule has 5 nitrogen and oxygen atoms in total. The van der Waals surface area contributed by atoms with Crippen LogP contribution in [0.1, 0.15) is 43.1 Å². The van der Waals surface area contributed by atoms with E-state index in [1.54, 1.807) is 0 Å². The molecule has 8 heteroatoms. The molecule has 0 radical (unpaired) electrons. The fourth-order valence-electron chi connectivity index (χ4n) is 3.18. The van der Waals surface area contributed by atoms with E-state index in [0.29, 0.717) is 31.8 Å². The van der Waals surface area contributed by atoms with Crippen LogP contribution in [-0.2, 0) is 11.0 Å². The van der Waals surface area contributed by atoms with Crippen molar-refractivity contribution in [2.24, 2.45) is 0 Å². The van der Waals surface area contributed by atoms with Crippen LogP contribution in [0.3, 0.4) is 0 Å². The number of hydrogen-bond donors (Lipinski definition) is 2. The summed E-state index contributed by atoms with van der Waals surface area (Å²) < 4.78 is 37.7. The highest BCUT2D eigenvalue weighted by atomic mass is 19.4. The van der Waals surface area contributed by atoms with Crippen molar-refractivity contribution >= 4 is 5.91 Å². The van der Waals surface area contributed by atoms with Crippen molar-refractivity contribution in [1.82, 2.24) is 20.2 Å². The molecule has 0 spiro atoms. The SMILES string of the molecule is O=C([C@H]1CCCN1)N1CCC(c2ncc(C(F)(F)F)[nH]2)CC1. The lowest BCUT2D eigenvalue weighted by Crippen LogP contribution is -2.46. The van der Waals surface area contributed by atoms with E-state index in [9.17, 15) is 18.0 Å². The van der Waals surface area contributed by atoms with Gasteiger partial charge in [0.25, 0.3) is 0 Å². The molecule has 122 valence electrons. The summed E-state index contributed by atoms with van der Waals surface area (Å²) in [6.07, 6.45) is -0.386. The third-order valence-corrected chi connectivity index (χ3v) is 4.45. The predicted octanol–water partition coefficient (Wildman–Crippen LogP) is 1.89. The van der Waals surface area contributed by atoms with Gasteiger partial charge in [-0.1, -0.05) is 0 Å². The van der Waals surface area contributed by atoms with Crippen molar-refractivity contribution in [3.8, 4) is 0 Å². The topological polar surface area (TPSA) is 61.0 Å². The fourth-order valence-corrected chi connectivity index (χ4v) is 3.18. The minimum Gasteiger partial charge on any atom is -0.341 e. The molecule has 1 aromatic heterocycles. The van der Waals surface area contributed by atoms with E-state index >= 15 is 0 Å². The van der Waals surface area contributed by atoms with Crippen molar-refractivity contribution in [2.45, 2.75) is 43.8 Å². The normalized spacial score (nSPS) is 24.0. The summed E-state index contributed by atoms with van der Waals surface area (Å²) in [4.78, 5) is 20.3. The van der Waals surface area contributed by atoms with Crippen LogP contribution in [0, 0.1) is 0 Å². The number of carbonyl (C=O) groups is 1. The van der Waals surface area contributed by atoms with Gasteiger partial charge in [0.05, 0.1) is 12.2 Å². The lowest BCUT2D eigenvalue weighted by Gasteiger charge is -2.32. The standard InChI is InChI=1S/C14H19F3N4O/c15-14(16,17)11-8-19-12(20-11)9-3-6-21(7-4-9)13(22)10-2-1-5-18-10/h8-10,18H,1-7H2,(H,19,20)/t10-/m1/s1. The summed E-state index contributed by atoms with van der Waals surface area (Å²) in [5, 5.41) is 3.18. The van der Waals surface area contributed by atoms with Crippen LogP contribution in [0.25, 0.3) is 0 Å². The average Bonchev–Trinajstić information content (AvgIpc) is 3.17. The molecule has 2 saturated heterocycles. The molecule has 0 bridgehead atoms. The molecular weight excluding hydrogens is 297 g/mol. The lowest BCUT2D eigenvalue weighted by atomic mass is 9.95. The third kappa shape index (κ3) is 3.11. The van der Waals surface area contributed by atoms with Gasteiger partial charge in [0, 0.05) is 19.0 Å². The van der Waals surface area contributed by atoms with E-state index < -0.39 is 11.9 Å². The number of likely N-dealkylation sites (tertiary alicyclic amines) is 1. The Morgan fingerprint density at radius 1 is 1.27 bits per heavy atom. The van der Waals surface area contributed by atoms with Gasteiger partial charge in [-0.15, -0.1) is 0 Å². The van der Waals surface area contributed by atoms with Gasteiger partial charge in [-0.25, -0.2) is 4.98 Å². The second-order valence-corrected chi connectivity index (χ2v) is 5.93. The molecule has 0 unspecified atom stereocenters. The highest BCUT2D eigenvalue weighted by Crippen LogP contribution is 2.31. The Hall–Kier alpha value is -1.57.